The van der Waals surface area contributed by atoms with E-state index in [-0.39, 0.29) is 0 Å². The van der Waals surface area contributed by atoms with Gasteiger partial charge in [-0.1, -0.05) is 0 Å². The van der Waals surface area contributed by atoms with Crippen LogP contribution in [0.4, 0.5) is 0 Å². The minimum atomic E-state index is -2.88. The van der Waals surface area contributed by atoms with Crippen LogP contribution in [0.5, 0.6) is 0 Å². The Morgan fingerprint density at radius 3 is 2.08 bits per heavy atom. The van der Waals surface area contributed by atoms with Gasteiger partial charge < -0.3 is 0 Å². The molecule has 0 N–H and O–H groups in total. The SMILES string of the molecule is [Cl][Ge]([Cl])([Cl])[CH2]Cc1ccccc1. The average molecular weight is 284 g/mol. The van der Waals surface area contributed by atoms with Crippen molar-refractivity contribution in [1.82, 2.24) is 0 Å². The molecule has 0 fully saturated rings. The summed E-state index contributed by atoms with van der Waals surface area (Å²) in [6, 6.07) is 10.1. The molecule has 0 atom stereocenters. The number of halogens is 3. The van der Waals surface area contributed by atoms with Crippen LogP contribution in [0.2, 0.25) is 5.25 Å². The molecule has 0 radical (unpaired) electrons. The van der Waals surface area contributed by atoms with E-state index < -0.39 is 10.5 Å². The fourth-order valence-electron chi connectivity index (χ4n) is 0.931. The first-order valence-corrected chi connectivity index (χ1v) is 13.4. The van der Waals surface area contributed by atoms with Crippen molar-refractivity contribution in [2.45, 2.75) is 11.7 Å². The van der Waals surface area contributed by atoms with Gasteiger partial charge in [0.25, 0.3) is 0 Å². The Labute approximate surface area is 87.7 Å². The Bertz CT molecular complexity index is 230. The van der Waals surface area contributed by atoms with Gasteiger partial charge >= 0.3 is 88.1 Å². The maximum atomic E-state index is 5.80. The number of hydrogen-bond acceptors (Lipinski definition) is 0. The van der Waals surface area contributed by atoms with E-state index in [1.54, 1.807) is 0 Å². The Morgan fingerprint density at radius 1 is 1.00 bits per heavy atom. The third-order valence-corrected chi connectivity index (χ3v) is 6.20. The van der Waals surface area contributed by atoms with Crippen LogP contribution in [0, 0.1) is 0 Å². The van der Waals surface area contributed by atoms with E-state index in [2.05, 4.69) is 12.1 Å². The molecule has 0 saturated carbocycles. The summed E-state index contributed by atoms with van der Waals surface area (Å²) < 4.78 is 0. The Kier molecular flexibility index (Phi) is 4.24. The molecule has 0 unspecified atom stereocenters. The summed E-state index contributed by atoms with van der Waals surface area (Å²) in [5.74, 6) is 0. The second-order valence-corrected chi connectivity index (χ2v) is 19.3. The third kappa shape index (κ3) is 4.61. The number of aryl methyl sites for hydroxylation is 1. The Morgan fingerprint density at radius 2 is 1.58 bits per heavy atom. The molecule has 0 nitrogen and oxygen atoms in total. The van der Waals surface area contributed by atoms with Crippen molar-refractivity contribution >= 4 is 40.5 Å². The van der Waals surface area contributed by atoms with Crippen LogP contribution in [0.25, 0.3) is 0 Å². The summed E-state index contributed by atoms with van der Waals surface area (Å²) in [6.45, 7) is 0. The fraction of sp³-hybridized carbons (Fsp3) is 0.250. The van der Waals surface area contributed by atoms with Crippen LogP contribution in [-0.2, 0) is 6.42 Å². The molecule has 0 heterocycles. The van der Waals surface area contributed by atoms with Gasteiger partial charge in [0.2, 0.25) is 0 Å². The Hall–Kier alpha value is 0.633. The van der Waals surface area contributed by atoms with Gasteiger partial charge in [0, 0.05) is 0 Å². The summed E-state index contributed by atoms with van der Waals surface area (Å²) in [6.07, 6.45) is 0.886. The normalized spacial score (nSPS) is 11.6. The zero-order valence-corrected chi connectivity index (χ0v) is 10.8. The summed E-state index contributed by atoms with van der Waals surface area (Å²) in [7, 11) is 14.5. The van der Waals surface area contributed by atoms with Crippen molar-refractivity contribution in [2.24, 2.45) is 0 Å². The first-order valence-electron chi connectivity index (χ1n) is 3.68. The first-order chi connectivity index (χ1) is 5.58. The van der Waals surface area contributed by atoms with Gasteiger partial charge in [-0.2, -0.15) is 0 Å². The van der Waals surface area contributed by atoms with Crippen molar-refractivity contribution < 1.29 is 0 Å². The predicted molar refractivity (Wildman–Crippen MR) is 58.3 cm³/mol. The standard InChI is InChI=1S/C8H9Cl3Ge/c9-12(10,11)7-6-8-4-2-1-3-5-8/h1-5H,6-7H2. The van der Waals surface area contributed by atoms with Crippen LogP contribution in [-0.4, -0.2) is 10.5 Å². The molecule has 0 saturated heterocycles. The van der Waals surface area contributed by atoms with Gasteiger partial charge in [-0.25, -0.2) is 0 Å². The molecule has 0 bridgehead atoms. The Balaban J connectivity index is 2.44. The molecular formula is C8H9Cl3Ge. The van der Waals surface area contributed by atoms with E-state index in [1.165, 1.54) is 5.56 Å². The number of rotatable bonds is 3. The molecule has 0 aliphatic carbocycles. The van der Waals surface area contributed by atoms with Crippen molar-refractivity contribution in [3.63, 3.8) is 0 Å². The summed E-state index contributed by atoms with van der Waals surface area (Å²) in [5, 5.41) is 0.745. The second-order valence-electron chi connectivity index (χ2n) is 2.60. The zero-order chi connectivity index (χ0) is 9.03. The molecule has 1 rings (SSSR count). The molecular weight excluding hydrogens is 275 g/mol. The molecule has 0 aliphatic heterocycles. The summed E-state index contributed by atoms with van der Waals surface area (Å²) in [4.78, 5) is 0. The first kappa shape index (κ1) is 10.7. The van der Waals surface area contributed by atoms with E-state index in [9.17, 15) is 0 Å². The van der Waals surface area contributed by atoms with Gasteiger partial charge in [-0.3, -0.25) is 0 Å². The molecule has 0 aromatic heterocycles. The van der Waals surface area contributed by atoms with E-state index in [0.29, 0.717) is 0 Å². The molecule has 0 amide bonds. The maximum absolute atomic E-state index is 5.80. The van der Waals surface area contributed by atoms with E-state index >= 15 is 0 Å². The van der Waals surface area contributed by atoms with Crippen LogP contribution >= 0.6 is 30.0 Å². The molecule has 0 aliphatic rings. The molecule has 66 valence electrons. The number of benzene rings is 1. The summed E-state index contributed by atoms with van der Waals surface area (Å²) >= 11 is 0. The topological polar surface area (TPSA) is 0 Å². The second kappa shape index (κ2) is 4.75. The van der Waals surface area contributed by atoms with E-state index in [0.717, 1.165) is 11.7 Å². The molecule has 1 aromatic rings. The van der Waals surface area contributed by atoms with E-state index in [4.69, 9.17) is 30.0 Å². The quantitative estimate of drug-likeness (QED) is 0.739. The summed E-state index contributed by atoms with van der Waals surface area (Å²) in [5.41, 5.74) is 1.24. The van der Waals surface area contributed by atoms with Crippen molar-refractivity contribution in [3.8, 4) is 0 Å². The van der Waals surface area contributed by atoms with Gasteiger partial charge in [0.05, 0.1) is 0 Å². The predicted octanol–water partition coefficient (Wildman–Crippen LogP) is 3.88. The van der Waals surface area contributed by atoms with Gasteiger partial charge in [0.15, 0.2) is 0 Å². The van der Waals surface area contributed by atoms with E-state index in [1.807, 2.05) is 18.2 Å². The van der Waals surface area contributed by atoms with Crippen LogP contribution < -0.4 is 0 Å². The van der Waals surface area contributed by atoms with Crippen LogP contribution in [0.1, 0.15) is 5.56 Å². The van der Waals surface area contributed by atoms with Crippen LogP contribution in [0.15, 0.2) is 30.3 Å². The fourth-order valence-corrected chi connectivity index (χ4v) is 3.60. The molecule has 0 spiro atoms. The zero-order valence-electron chi connectivity index (χ0n) is 6.43. The van der Waals surface area contributed by atoms with Crippen molar-refractivity contribution in [3.05, 3.63) is 35.9 Å². The van der Waals surface area contributed by atoms with Gasteiger partial charge in [-0.05, 0) is 0 Å². The molecule has 12 heavy (non-hydrogen) atoms. The minimum absolute atomic E-state index is 0.745. The molecule has 1 aromatic carbocycles. The average Bonchev–Trinajstić information content (AvgIpc) is 2.02. The van der Waals surface area contributed by atoms with Gasteiger partial charge in [-0.15, -0.1) is 0 Å². The van der Waals surface area contributed by atoms with Crippen LogP contribution in [0.3, 0.4) is 0 Å². The van der Waals surface area contributed by atoms with Crippen molar-refractivity contribution in [2.75, 3.05) is 0 Å². The van der Waals surface area contributed by atoms with Gasteiger partial charge in [0.1, 0.15) is 0 Å². The number of hydrogen-bond donors (Lipinski definition) is 0. The molecule has 4 heteroatoms. The monoisotopic (exact) mass is 284 g/mol. The third-order valence-electron chi connectivity index (χ3n) is 1.54. The van der Waals surface area contributed by atoms with Crippen molar-refractivity contribution in [1.29, 1.82) is 0 Å².